The molecule has 1 aliphatic rings. The maximum Gasteiger partial charge on any atom is 0.177 e. The summed E-state index contributed by atoms with van der Waals surface area (Å²) in [5, 5.41) is 10.0. The third-order valence-corrected chi connectivity index (χ3v) is 3.81. The van der Waals surface area contributed by atoms with Crippen molar-refractivity contribution >= 4 is 0 Å². The van der Waals surface area contributed by atoms with E-state index in [1.807, 2.05) is 60.7 Å². The molecular weight excluding hydrogens is 304 g/mol. The van der Waals surface area contributed by atoms with Crippen LogP contribution in [0.3, 0.4) is 0 Å². The van der Waals surface area contributed by atoms with Crippen LogP contribution in [0.4, 0.5) is 0 Å². The van der Waals surface area contributed by atoms with E-state index in [2.05, 4.69) is 0 Å². The molecule has 4 nitrogen and oxygen atoms in total. The lowest BCUT2D eigenvalue weighted by atomic mass is 10.1. The van der Waals surface area contributed by atoms with Crippen LogP contribution in [0.2, 0.25) is 0 Å². The molecule has 0 saturated carbocycles. The van der Waals surface area contributed by atoms with Crippen molar-refractivity contribution in [2.24, 2.45) is 0 Å². The molecule has 0 unspecified atom stereocenters. The summed E-state index contributed by atoms with van der Waals surface area (Å²) in [4.78, 5) is 0. The minimum atomic E-state index is -0.683. The molecule has 1 heterocycles. The van der Waals surface area contributed by atoms with E-state index in [1.165, 1.54) is 0 Å². The summed E-state index contributed by atoms with van der Waals surface area (Å²) in [5.41, 5.74) is 2.17. The Labute approximate surface area is 142 Å². The molecule has 0 amide bonds. The zero-order valence-electron chi connectivity index (χ0n) is 13.5. The molecule has 0 aromatic heterocycles. The van der Waals surface area contributed by atoms with Gasteiger partial charge in [0.25, 0.3) is 0 Å². The van der Waals surface area contributed by atoms with Gasteiger partial charge in [0, 0.05) is 0 Å². The standard InChI is InChI=1S/C20H22O4/c21-18-11-12-20(23-14-17-9-5-2-6-10-17)24-19(18)15-22-13-16-7-3-1-4-8-16/h1-12,18-21H,13-15H2/t18-,19+,20-/m0/s1. The molecule has 0 spiro atoms. The van der Waals surface area contributed by atoms with Gasteiger partial charge in [0.15, 0.2) is 6.29 Å². The molecule has 4 heteroatoms. The van der Waals surface area contributed by atoms with Crippen LogP contribution >= 0.6 is 0 Å². The number of rotatable bonds is 7. The van der Waals surface area contributed by atoms with E-state index in [9.17, 15) is 5.11 Å². The molecule has 3 rings (SSSR count). The van der Waals surface area contributed by atoms with Crippen LogP contribution in [-0.4, -0.2) is 30.2 Å². The summed E-state index contributed by atoms with van der Waals surface area (Å²) in [6, 6.07) is 19.8. The Kier molecular flexibility index (Phi) is 6.15. The summed E-state index contributed by atoms with van der Waals surface area (Å²) < 4.78 is 17.2. The Morgan fingerprint density at radius 1 is 0.833 bits per heavy atom. The molecule has 1 N–H and O–H groups in total. The van der Waals surface area contributed by atoms with E-state index < -0.39 is 18.5 Å². The van der Waals surface area contributed by atoms with E-state index in [4.69, 9.17) is 14.2 Å². The monoisotopic (exact) mass is 326 g/mol. The topological polar surface area (TPSA) is 47.9 Å². The lowest BCUT2D eigenvalue weighted by Gasteiger charge is -2.29. The Morgan fingerprint density at radius 2 is 1.46 bits per heavy atom. The van der Waals surface area contributed by atoms with E-state index >= 15 is 0 Å². The van der Waals surface area contributed by atoms with E-state index in [0.29, 0.717) is 19.8 Å². The highest BCUT2D eigenvalue weighted by molar-refractivity contribution is 5.14. The Morgan fingerprint density at radius 3 is 2.12 bits per heavy atom. The first-order valence-corrected chi connectivity index (χ1v) is 8.10. The minimum Gasteiger partial charge on any atom is -0.386 e. The van der Waals surface area contributed by atoms with E-state index in [1.54, 1.807) is 12.2 Å². The first kappa shape index (κ1) is 16.9. The smallest absolute Gasteiger partial charge is 0.177 e. The third-order valence-electron chi connectivity index (χ3n) is 3.81. The van der Waals surface area contributed by atoms with Gasteiger partial charge in [0.05, 0.1) is 19.8 Å². The van der Waals surface area contributed by atoms with Gasteiger partial charge in [-0.3, -0.25) is 0 Å². The molecule has 0 radical (unpaired) electrons. The fraction of sp³-hybridized carbons (Fsp3) is 0.300. The lowest BCUT2D eigenvalue weighted by molar-refractivity contribution is -0.190. The van der Waals surface area contributed by atoms with Gasteiger partial charge in [0.2, 0.25) is 0 Å². The number of aliphatic hydroxyl groups excluding tert-OH is 1. The molecule has 0 aliphatic carbocycles. The van der Waals surface area contributed by atoms with Crippen molar-refractivity contribution in [3.8, 4) is 0 Å². The highest BCUT2D eigenvalue weighted by Crippen LogP contribution is 2.16. The molecule has 0 saturated heterocycles. The van der Waals surface area contributed by atoms with Crippen LogP contribution in [0.25, 0.3) is 0 Å². The number of benzene rings is 2. The van der Waals surface area contributed by atoms with E-state index in [0.717, 1.165) is 11.1 Å². The van der Waals surface area contributed by atoms with Crippen LogP contribution in [-0.2, 0) is 27.4 Å². The number of hydrogen-bond donors (Lipinski definition) is 1. The zero-order chi connectivity index (χ0) is 16.6. The summed E-state index contributed by atoms with van der Waals surface area (Å²) in [6.07, 6.45) is 1.85. The number of hydrogen-bond acceptors (Lipinski definition) is 4. The van der Waals surface area contributed by atoms with Gasteiger partial charge in [-0.05, 0) is 17.2 Å². The van der Waals surface area contributed by atoms with Crippen molar-refractivity contribution in [2.75, 3.05) is 6.61 Å². The SMILES string of the molecule is O[C@H]1C=C[C@@H](OCc2ccccc2)O[C@@H]1COCc1ccccc1. The third kappa shape index (κ3) is 5.01. The van der Waals surface area contributed by atoms with Gasteiger partial charge < -0.3 is 19.3 Å². The maximum atomic E-state index is 10.0. The summed E-state index contributed by atoms with van der Waals surface area (Å²) in [6.45, 7) is 1.27. The molecule has 3 atom stereocenters. The van der Waals surface area contributed by atoms with Crippen molar-refractivity contribution in [1.82, 2.24) is 0 Å². The lowest BCUT2D eigenvalue weighted by Crippen LogP contribution is -2.39. The largest absolute Gasteiger partial charge is 0.386 e. The van der Waals surface area contributed by atoms with Crippen LogP contribution in [0.15, 0.2) is 72.8 Å². The highest BCUT2D eigenvalue weighted by atomic mass is 16.7. The second-order valence-electron chi connectivity index (χ2n) is 5.72. The van der Waals surface area contributed by atoms with Gasteiger partial charge in [-0.15, -0.1) is 0 Å². The van der Waals surface area contributed by atoms with Crippen molar-refractivity contribution in [3.63, 3.8) is 0 Å². The molecule has 2 aromatic rings. The molecular formula is C20H22O4. The summed E-state index contributed by atoms with van der Waals surface area (Å²) in [7, 11) is 0. The van der Waals surface area contributed by atoms with Crippen molar-refractivity contribution in [1.29, 1.82) is 0 Å². The average molecular weight is 326 g/mol. The van der Waals surface area contributed by atoms with Crippen molar-refractivity contribution in [3.05, 3.63) is 83.9 Å². The fourth-order valence-corrected chi connectivity index (χ4v) is 2.48. The minimum absolute atomic E-state index is 0.311. The van der Waals surface area contributed by atoms with Crippen molar-refractivity contribution < 1.29 is 19.3 Å². The maximum absolute atomic E-state index is 10.0. The second kappa shape index (κ2) is 8.76. The van der Waals surface area contributed by atoms with Crippen LogP contribution < -0.4 is 0 Å². The zero-order valence-corrected chi connectivity index (χ0v) is 13.5. The molecule has 0 fully saturated rings. The number of ether oxygens (including phenoxy) is 3. The number of aliphatic hydroxyl groups is 1. The van der Waals surface area contributed by atoms with Gasteiger partial charge in [-0.2, -0.15) is 0 Å². The fourth-order valence-electron chi connectivity index (χ4n) is 2.48. The predicted molar refractivity (Wildman–Crippen MR) is 91.1 cm³/mol. The Bertz CT molecular complexity index is 627. The highest BCUT2D eigenvalue weighted by Gasteiger charge is 2.26. The summed E-state index contributed by atoms with van der Waals surface area (Å²) >= 11 is 0. The normalized spacial score (nSPS) is 23.3. The molecule has 2 aromatic carbocycles. The Balaban J connectivity index is 1.45. The first-order chi connectivity index (χ1) is 11.8. The van der Waals surface area contributed by atoms with Gasteiger partial charge in [0.1, 0.15) is 12.2 Å². The summed E-state index contributed by atoms with van der Waals surface area (Å²) in [5.74, 6) is 0. The van der Waals surface area contributed by atoms with Crippen LogP contribution in [0.1, 0.15) is 11.1 Å². The Hall–Kier alpha value is -1.98. The first-order valence-electron chi connectivity index (χ1n) is 8.10. The second-order valence-corrected chi connectivity index (χ2v) is 5.72. The van der Waals surface area contributed by atoms with Gasteiger partial charge >= 0.3 is 0 Å². The van der Waals surface area contributed by atoms with Gasteiger partial charge in [-0.25, -0.2) is 0 Å². The van der Waals surface area contributed by atoms with Crippen molar-refractivity contribution in [2.45, 2.75) is 31.7 Å². The predicted octanol–water partition coefficient (Wildman–Crippen LogP) is 3.06. The van der Waals surface area contributed by atoms with Crippen LogP contribution in [0, 0.1) is 0 Å². The quantitative estimate of drug-likeness (QED) is 0.795. The molecule has 0 bridgehead atoms. The molecule has 1 aliphatic heterocycles. The van der Waals surface area contributed by atoms with Crippen LogP contribution in [0.5, 0.6) is 0 Å². The van der Waals surface area contributed by atoms with Gasteiger partial charge in [-0.1, -0.05) is 66.7 Å². The average Bonchev–Trinajstić information content (AvgIpc) is 2.64. The van der Waals surface area contributed by atoms with E-state index in [-0.39, 0.29) is 0 Å². The molecule has 24 heavy (non-hydrogen) atoms. The molecule has 126 valence electrons.